The molecule has 146 valence electrons. The number of hydrogen-bond donors (Lipinski definition) is 1. The van der Waals surface area contributed by atoms with Crippen molar-refractivity contribution in [3.05, 3.63) is 30.2 Å². The minimum atomic E-state index is -2.93. The van der Waals surface area contributed by atoms with E-state index >= 15 is 0 Å². The molecule has 1 aliphatic heterocycles. The molecule has 1 aromatic heterocycles. The Morgan fingerprint density at radius 2 is 2.11 bits per heavy atom. The van der Waals surface area contributed by atoms with E-state index in [-0.39, 0.29) is 23.3 Å². The molecular weight excluding hydrogens is 390 g/mol. The smallest absolute Gasteiger partial charge is 0.277 e. The fourth-order valence-corrected chi connectivity index (χ4v) is 5.33. The molecule has 0 saturated carbocycles. The first-order valence-corrected chi connectivity index (χ1v) is 11.2. The molecule has 0 aliphatic carbocycles. The van der Waals surface area contributed by atoms with Crippen LogP contribution in [-0.2, 0) is 21.1 Å². The van der Waals surface area contributed by atoms with Gasteiger partial charge in [-0.2, -0.15) is 0 Å². The first-order valence-electron chi connectivity index (χ1n) is 8.49. The van der Waals surface area contributed by atoms with Crippen molar-refractivity contribution in [3.63, 3.8) is 0 Å². The van der Waals surface area contributed by atoms with Gasteiger partial charge in [0.1, 0.15) is 5.75 Å². The Hall–Kier alpha value is -2.07. The number of methoxy groups -OCH3 is 1. The summed E-state index contributed by atoms with van der Waals surface area (Å²) < 4.78 is 33.7. The van der Waals surface area contributed by atoms with Gasteiger partial charge in [-0.3, -0.25) is 4.79 Å². The van der Waals surface area contributed by atoms with Crippen molar-refractivity contribution in [2.45, 2.75) is 30.2 Å². The van der Waals surface area contributed by atoms with Crippen molar-refractivity contribution in [3.8, 4) is 5.75 Å². The standard InChI is InChI=1S/C17H21N3O5S2/c1-11(16(21)18-13-3-5-14(24-2)6-4-13)26-17-20-19-15(25-17)9-12-7-8-27(22,23)10-12/h3-6,11-12H,7-10H2,1-2H3,(H,18,21)/t11-,12-/m0/s1. The first-order chi connectivity index (χ1) is 12.8. The molecule has 1 N–H and O–H groups in total. The summed E-state index contributed by atoms with van der Waals surface area (Å²) in [6, 6.07) is 7.05. The van der Waals surface area contributed by atoms with Crippen LogP contribution in [0, 0.1) is 5.92 Å². The van der Waals surface area contributed by atoms with Crippen molar-refractivity contribution >= 4 is 33.2 Å². The third-order valence-electron chi connectivity index (χ3n) is 4.24. The quantitative estimate of drug-likeness (QED) is 0.690. The van der Waals surface area contributed by atoms with Gasteiger partial charge < -0.3 is 14.5 Å². The number of ether oxygens (including phenoxy) is 1. The van der Waals surface area contributed by atoms with Gasteiger partial charge >= 0.3 is 0 Å². The summed E-state index contributed by atoms with van der Waals surface area (Å²) in [7, 11) is -1.35. The van der Waals surface area contributed by atoms with Crippen LogP contribution in [0.2, 0.25) is 0 Å². The van der Waals surface area contributed by atoms with Crippen LogP contribution >= 0.6 is 11.8 Å². The molecule has 0 bridgehead atoms. The molecule has 2 heterocycles. The van der Waals surface area contributed by atoms with Gasteiger partial charge in [-0.15, -0.1) is 10.2 Å². The van der Waals surface area contributed by atoms with Crippen LogP contribution in [0.25, 0.3) is 0 Å². The highest BCUT2D eigenvalue weighted by molar-refractivity contribution is 8.00. The van der Waals surface area contributed by atoms with Crippen molar-refractivity contribution in [1.82, 2.24) is 10.2 Å². The topological polar surface area (TPSA) is 111 Å². The van der Waals surface area contributed by atoms with Gasteiger partial charge in [0, 0.05) is 12.1 Å². The zero-order valence-corrected chi connectivity index (χ0v) is 16.7. The minimum absolute atomic E-state index is 0.0177. The molecule has 10 heteroatoms. The summed E-state index contributed by atoms with van der Waals surface area (Å²) in [6.07, 6.45) is 1.06. The van der Waals surface area contributed by atoms with E-state index in [1.807, 2.05) is 0 Å². The second kappa shape index (κ2) is 8.30. The Labute approximate surface area is 162 Å². The molecule has 8 nitrogen and oxygen atoms in total. The maximum atomic E-state index is 12.3. The second-order valence-electron chi connectivity index (χ2n) is 6.41. The van der Waals surface area contributed by atoms with E-state index in [4.69, 9.17) is 9.15 Å². The number of carbonyl (C=O) groups is 1. The number of hydrogen-bond acceptors (Lipinski definition) is 8. The van der Waals surface area contributed by atoms with Crippen LogP contribution in [-0.4, -0.2) is 48.4 Å². The Bertz CT molecular complexity index is 896. The van der Waals surface area contributed by atoms with E-state index in [1.165, 1.54) is 0 Å². The lowest BCUT2D eigenvalue weighted by Crippen LogP contribution is -2.22. The summed E-state index contributed by atoms with van der Waals surface area (Å²) in [5, 5.41) is 10.6. The van der Waals surface area contributed by atoms with Crippen LogP contribution in [0.15, 0.2) is 33.9 Å². The molecule has 1 aromatic carbocycles. The van der Waals surface area contributed by atoms with Crippen molar-refractivity contribution in [2.75, 3.05) is 23.9 Å². The van der Waals surface area contributed by atoms with Crippen LogP contribution in [0.5, 0.6) is 5.75 Å². The zero-order chi connectivity index (χ0) is 19.4. The number of anilines is 1. The lowest BCUT2D eigenvalue weighted by Gasteiger charge is -2.10. The summed E-state index contributed by atoms with van der Waals surface area (Å²) in [6.45, 7) is 1.75. The van der Waals surface area contributed by atoms with Gasteiger partial charge in [-0.25, -0.2) is 8.42 Å². The number of nitrogens with zero attached hydrogens (tertiary/aromatic N) is 2. The van der Waals surface area contributed by atoms with Crippen molar-refractivity contribution < 1.29 is 22.4 Å². The summed E-state index contributed by atoms with van der Waals surface area (Å²) in [4.78, 5) is 12.3. The molecule has 1 fully saturated rings. The van der Waals surface area contributed by atoms with E-state index in [0.29, 0.717) is 35.4 Å². The average Bonchev–Trinajstić information content (AvgIpc) is 3.21. The highest BCUT2D eigenvalue weighted by atomic mass is 32.2. The predicted octanol–water partition coefficient (Wildman–Crippen LogP) is 2.17. The third-order valence-corrected chi connectivity index (χ3v) is 7.01. The summed E-state index contributed by atoms with van der Waals surface area (Å²) in [5.41, 5.74) is 0.668. The second-order valence-corrected chi connectivity index (χ2v) is 9.93. The van der Waals surface area contributed by atoms with Crippen LogP contribution < -0.4 is 10.1 Å². The van der Waals surface area contributed by atoms with Gasteiger partial charge in [0.25, 0.3) is 5.22 Å². The van der Waals surface area contributed by atoms with Crippen LogP contribution in [0.3, 0.4) is 0 Å². The first kappa shape index (κ1) is 19.7. The maximum Gasteiger partial charge on any atom is 0.277 e. The summed E-state index contributed by atoms with van der Waals surface area (Å²) >= 11 is 1.16. The van der Waals surface area contributed by atoms with E-state index in [2.05, 4.69) is 15.5 Å². The molecule has 0 unspecified atom stereocenters. The fourth-order valence-electron chi connectivity index (χ4n) is 2.77. The molecule has 2 atom stereocenters. The Kier molecular flexibility index (Phi) is 6.05. The highest BCUT2D eigenvalue weighted by Crippen LogP contribution is 2.26. The fraction of sp³-hybridized carbons (Fsp3) is 0.471. The summed E-state index contributed by atoms with van der Waals surface area (Å²) in [5.74, 6) is 1.33. The number of nitrogens with one attached hydrogen (secondary N) is 1. The molecule has 1 amide bonds. The van der Waals surface area contributed by atoms with E-state index in [0.717, 1.165) is 11.8 Å². The maximum absolute atomic E-state index is 12.3. The molecule has 3 rings (SSSR count). The normalized spacial score (nSPS) is 19.6. The third kappa shape index (κ3) is 5.46. The molecule has 27 heavy (non-hydrogen) atoms. The molecular formula is C17H21N3O5S2. The SMILES string of the molecule is COc1ccc(NC(=O)[C@H](C)Sc2nnc(C[C@@H]3CCS(=O)(=O)C3)o2)cc1. The van der Waals surface area contributed by atoms with Crippen molar-refractivity contribution in [1.29, 1.82) is 0 Å². The van der Waals surface area contributed by atoms with E-state index in [9.17, 15) is 13.2 Å². The molecule has 0 radical (unpaired) electrons. The lowest BCUT2D eigenvalue weighted by molar-refractivity contribution is -0.115. The largest absolute Gasteiger partial charge is 0.497 e. The van der Waals surface area contributed by atoms with Crippen LogP contribution in [0.4, 0.5) is 5.69 Å². The number of aromatic nitrogens is 2. The van der Waals surface area contributed by atoms with Gasteiger partial charge in [-0.1, -0.05) is 11.8 Å². The number of rotatable bonds is 7. The Morgan fingerprint density at radius 3 is 2.74 bits per heavy atom. The molecule has 1 saturated heterocycles. The monoisotopic (exact) mass is 411 g/mol. The van der Waals surface area contributed by atoms with Crippen LogP contribution in [0.1, 0.15) is 19.2 Å². The predicted molar refractivity (Wildman–Crippen MR) is 102 cm³/mol. The molecule has 0 spiro atoms. The minimum Gasteiger partial charge on any atom is -0.497 e. The highest BCUT2D eigenvalue weighted by Gasteiger charge is 2.29. The van der Waals surface area contributed by atoms with E-state index < -0.39 is 15.1 Å². The number of benzene rings is 1. The number of thioether (sulfide) groups is 1. The molecule has 1 aliphatic rings. The lowest BCUT2D eigenvalue weighted by atomic mass is 10.1. The number of amides is 1. The zero-order valence-electron chi connectivity index (χ0n) is 15.0. The molecule has 2 aromatic rings. The van der Waals surface area contributed by atoms with Gasteiger partial charge in [0.2, 0.25) is 11.8 Å². The average molecular weight is 412 g/mol. The van der Waals surface area contributed by atoms with E-state index in [1.54, 1.807) is 38.3 Å². The van der Waals surface area contributed by atoms with Crippen molar-refractivity contribution in [2.24, 2.45) is 5.92 Å². The number of carbonyl (C=O) groups excluding carboxylic acids is 1. The van der Waals surface area contributed by atoms with Gasteiger partial charge in [0.05, 0.1) is 23.9 Å². The van der Waals surface area contributed by atoms with Gasteiger partial charge in [-0.05, 0) is 43.5 Å². The Morgan fingerprint density at radius 1 is 1.37 bits per heavy atom. The van der Waals surface area contributed by atoms with Gasteiger partial charge in [0.15, 0.2) is 9.84 Å². The number of sulfone groups is 1. The Balaban J connectivity index is 1.52.